The maximum atomic E-state index is 5.88. The lowest BCUT2D eigenvalue weighted by Crippen LogP contribution is -2.46. The first kappa shape index (κ1) is 18.4. The number of pyridine rings is 1. The third kappa shape index (κ3) is 3.55. The average molecular weight is 394 g/mol. The highest BCUT2D eigenvalue weighted by Crippen LogP contribution is 2.37. The van der Waals surface area contributed by atoms with Crippen molar-refractivity contribution in [3.63, 3.8) is 0 Å². The number of hydrogen-bond donors (Lipinski definition) is 2. The van der Waals surface area contributed by atoms with Crippen molar-refractivity contribution in [2.24, 2.45) is 5.73 Å². The Morgan fingerprint density at radius 2 is 1.83 bits per heavy atom. The van der Waals surface area contributed by atoms with Crippen LogP contribution >= 0.6 is 0 Å². The Balaban J connectivity index is 1.52. The summed E-state index contributed by atoms with van der Waals surface area (Å²) in [6.45, 7) is 6.19. The molecular weight excluding hydrogens is 368 g/mol. The minimum absolute atomic E-state index is 0.0374. The number of hydrogen-bond acceptors (Lipinski definition) is 7. The Morgan fingerprint density at radius 1 is 1.03 bits per heavy atom. The molecule has 0 saturated carbocycles. The first-order valence-corrected chi connectivity index (χ1v) is 10.2. The van der Waals surface area contributed by atoms with Crippen LogP contribution in [0.3, 0.4) is 0 Å². The number of ether oxygens (including phenoxy) is 2. The Hall–Kier alpha value is -2.68. The quantitative estimate of drug-likeness (QED) is 0.695. The summed E-state index contributed by atoms with van der Waals surface area (Å²) in [5, 5.41) is 8.24. The highest BCUT2D eigenvalue weighted by atomic mass is 16.5. The molecule has 4 heterocycles. The van der Waals surface area contributed by atoms with Gasteiger partial charge in [-0.25, -0.2) is 4.98 Å². The van der Waals surface area contributed by atoms with Crippen molar-refractivity contribution >= 4 is 22.4 Å². The highest BCUT2D eigenvalue weighted by molar-refractivity contribution is 5.98. The van der Waals surface area contributed by atoms with Gasteiger partial charge in [0, 0.05) is 50.2 Å². The first-order valence-electron chi connectivity index (χ1n) is 10.2. The van der Waals surface area contributed by atoms with Crippen LogP contribution in [0.2, 0.25) is 0 Å². The van der Waals surface area contributed by atoms with Crippen LogP contribution in [-0.2, 0) is 9.47 Å². The van der Waals surface area contributed by atoms with Gasteiger partial charge in [0.15, 0.2) is 5.65 Å². The lowest BCUT2D eigenvalue weighted by atomic mass is 10.0. The number of morpholine rings is 2. The number of anilines is 2. The largest absolute Gasteiger partial charge is 0.378 e. The molecule has 2 saturated heterocycles. The summed E-state index contributed by atoms with van der Waals surface area (Å²) in [4.78, 5) is 9.31. The molecule has 29 heavy (non-hydrogen) atoms. The molecule has 3 aromatic rings. The maximum absolute atomic E-state index is 5.88. The molecule has 0 spiro atoms. The van der Waals surface area contributed by atoms with E-state index in [2.05, 4.69) is 49.2 Å². The van der Waals surface area contributed by atoms with Crippen LogP contribution in [0.4, 0.5) is 11.4 Å². The second-order valence-electron chi connectivity index (χ2n) is 7.47. The lowest BCUT2D eigenvalue weighted by molar-refractivity contribution is 0.0467. The number of aromatic nitrogens is 3. The topological polar surface area (TPSA) is 92.5 Å². The Morgan fingerprint density at radius 3 is 2.62 bits per heavy atom. The molecule has 2 aliphatic heterocycles. The number of fused-ring (bicyclic) bond motifs is 1. The molecule has 3 N–H and O–H groups in total. The second-order valence-corrected chi connectivity index (χ2v) is 7.47. The van der Waals surface area contributed by atoms with Crippen LogP contribution in [0.5, 0.6) is 0 Å². The van der Waals surface area contributed by atoms with Gasteiger partial charge in [-0.15, -0.1) is 0 Å². The van der Waals surface area contributed by atoms with Gasteiger partial charge in [-0.1, -0.05) is 12.1 Å². The van der Waals surface area contributed by atoms with Crippen molar-refractivity contribution in [1.82, 2.24) is 15.2 Å². The van der Waals surface area contributed by atoms with Crippen LogP contribution in [-0.4, -0.2) is 73.8 Å². The maximum Gasteiger partial charge on any atom is 0.157 e. The summed E-state index contributed by atoms with van der Waals surface area (Å²) in [6, 6.07) is 8.73. The van der Waals surface area contributed by atoms with Gasteiger partial charge in [-0.2, -0.15) is 5.10 Å². The van der Waals surface area contributed by atoms with Gasteiger partial charge in [-0.3, -0.25) is 5.10 Å². The molecule has 0 bridgehead atoms. The van der Waals surface area contributed by atoms with Crippen LogP contribution in [0.25, 0.3) is 22.2 Å². The van der Waals surface area contributed by atoms with Crippen molar-refractivity contribution in [3.8, 4) is 11.1 Å². The van der Waals surface area contributed by atoms with Gasteiger partial charge < -0.3 is 25.0 Å². The number of H-pyrrole nitrogens is 1. The Bertz CT molecular complexity index is 967. The zero-order valence-electron chi connectivity index (χ0n) is 16.4. The van der Waals surface area contributed by atoms with Crippen LogP contribution in [0.1, 0.15) is 0 Å². The highest BCUT2D eigenvalue weighted by Gasteiger charge is 2.24. The molecule has 8 nitrogen and oxygen atoms in total. The number of nitrogens with two attached hydrogens (primary N) is 1. The summed E-state index contributed by atoms with van der Waals surface area (Å²) in [5.41, 5.74) is 11.3. The van der Waals surface area contributed by atoms with Crippen molar-refractivity contribution in [2.75, 3.05) is 62.3 Å². The normalized spacial score (nSPS) is 20.4. The smallest absolute Gasteiger partial charge is 0.157 e. The van der Waals surface area contributed by atoms with Gasteiger partial charge in [0.1, 0.15) is 0 Å². The summed E-state index contributed by atoms with van der Waals surface area (Å²) < 4.78 is 11.2. The minimum atomic E-state index is 0.0374. The van der Waals surface area contributed by atoms with E-state index in [1.807, 2.05) is 12.4 Å². The SMILES string of the molecule is NCC1CN(c2c(-c3ccc(N4CCOCC4)cc3)cnc3[nH]ncc23)CCO1. The van der Waals surface area contributed by atoms with Gasteiger partial charge in [0.2, 0.25) is 0 Å². The van der Waals surface area contributed by atoms with Crippen molar-refractivity contribution in [3.05, 3.63) is 36.7 Å². The molecule has 1 unspecified atom stereocenters. The third-order valence-electron chi connectivity index (χ3n) is 5.72. The third-order valence-corrected chi connectivity index (χ3v) is 5.72. The van der Waals surface area contributed by atoms with Crippen LogP contribution in [0, 0.1) is 0 Å². The zero-order valence-corrected chi connectivity index (χ0v) is 16.4. The molecule has 1 atom stereocenters. The number of nitrogens with zero attached hydrogens (tertiary/aromatic N) is 4. The van der Waals surface area contributed by atoms with E-state index in [0.717, 1.165) is 67.2 Å². The van der Waals surface area contributed by atoms with Gasteiger partial charge >= 0.3 is 0 Å². The van der Waals surface area contributed by atoms with E-state index in [1.165, 1.54) is 5.69 Å². The Labute approximate surface area is 169 Å². The summed E-state index contributed by atoms with van der Waals surface area (Å²) in [7, 11) is 0. The fraction of sp³-hybridized carbons (Fsp3) is 0.429. The Kier molecular flexibility index (Phi) is 5.05. The molecule has 152 valence electrons. The van der Waals surface area contributed by atoms with Crippen LogP contribution < -0.4 is 15.5 Å². The van der Waals surface area contributed by atoms with E-state index < -0.39 is 0 Å². The molecule has 1 aromatic carbocycles. The molecular formula is C21H26N6O2. The van der Waals surface area contributed by atoms with Crippen molar-refractivity contribution in [2.45, 2.75) is 6.10 Å². The van der Waals surface area contributed by atoms with E-state index in [-0.39, 0.29) is 6.10 Å². The van der Waals surface area contributed by atoms with E-state index in [4.69, 9.17) is 15.2 Å². The summed E-state index contributed by atoms with van der Waals surface area (Å²) >= 11 is 0. The van der Waals surface area contributed by atoms with E-state index in [0.29, 0.717) is 13.2 Å². The molecule has 0 amide bonds. The van der Waals surface area contributed by atoms with Gasteiger partial charge in [0.25, 0.3) is 0 Å². The standard InChI is InChI=1S/C21H26N6O2/c22-11-17-14-27(7-10-29-17)20-18(12-23-21-19(20)13-24-25-21)15-1-3-16(4-2-15)26-5-8-28-9-6-26/h1-4,12-13,17H,5-11,14,22H2,(H,23,24,25). The molecule has 0 radical (unpaired) electrons. The number of aromatic amines is 1. The zero-order chi connectivity index (χ0) is 19.6. The molecule has 0 aliphatic carbocycles. The van der Waals surface area contributed by atoms with Gasteiger partial charge in [-0.05, 0) is 17.7 Å². The monoisotopic (exact) mass is 394 g/mol. The summed E-state index contributed by atoms with van der Waals surface area (Å²) in [6.07, 6.45) is 3.83. The van der Waals surface area contributed by atoms with Crippen LogP contribution in [0.15, 0.2) is 36.7 Å². The molecule has 5 rings (SSSR count). The average Bonchev–Trinajstić information content (AvgIpc) is 3.28. The lowest BCUT2D eigenvalue weighted by Gasteiger charge is -2.35. The van der Waals surface area contributed by atoms with Gasteiger partial charge in [0.05, 0.1) is 43.2 Å². The number of nitrogens with one attached hydrogen (secondary N) is 1. The molecule has 2 aliphatic rings. The van der Waals surface area contributed by atoms with Crippen molar-refractivity contribution in [1.29, 1.82) is 0 Å². The predicted molar refractivity (Wildman–Crippen MR) is 113 cm³/mol. The van der Waals surface area contributed by atoms with Crippen molar-refractivity contribution < 1.29 is 9.47 Å². The number of rotatable bonds is 4. The molecule has 2 aromatic heterocycles. The predicted octanol–water partition coefficient (Wildman–Crippen LogP) is 1.63. The first-order chi connectivity index (χ1) is 14.3. The molecule has 2 fully saturated rings. The fourth-order valence-electron chi connectivity index (χ4n) is 4.18. The van der Waals surface area contributed by atoms with E-state index >= 15 is 0 Å². The van der Waals surface area contributed by atoms with E-state index in [1.54, 1.807) is 0 Å². The number of benzene rings is 1. The second kappa shape index (κ2) is 7.98. The van der Waals surface area contributed by atoms with E-state index in [9.17, 15) is 0 Å². The summed E-state index contributed by atoms with van der Waals surface area (Å²) in [5.74, 6) is 0. The molecule has 8 heteroatoms. The minimum Gasteiger partial charge on any atom is -0.378 e. The fourth-order valence-corrected chi connectivity index (χ4v) is 4.18.